The summed E-state index contributed by atoms with van der Waals surface area (Å²) in [6.45, 7) is 1.37. The minimum absolute atomic E-state index is 0.0853. The first kappa shape index (κ1) is 15.0. The highest BCUT2D eigenvalue weighted by Gasteiger charge is 2.41. The predicted molar refractivity (Wildman–Crippen MR) is 83.8 cm³/mol. The van der Waals surface area contributed by atoms with Crippen LogP contribution in [0.2, 0.25) is 0 Å². The highest BCUT2D eigenvalue weighted by Crippen LogP contribution is 2.37. The predicted octanol–water partition coefficient (Wildman–Crippen LogP) is 1.16. The lowest BCUT2D eigenvalue weighted by molar-refractivity contribution is -0.146. The van der Waals surface area contributed by atoms with Crippen LogP contribution in [0.1, 0.15) is 30.9 Å². The Bertz CT molecular complexity index is 560. The average molecular weight is 301 g/mol. The van der Waals surface area contributed by atoms with Crippen molar-refractivity contribution < 1.29 is 9.59 Å². The Morgan fingerprint density at radius 2 is 1.95 bits per heavy atom. The number of carbonyl (C=O) groups is 2. The summed E-state index contributed by atoms with van der Waals surface area (Å²) < 4.78 is 0. The van der Waals surface area contributed by atoms with Crippen LogP contribution in [0.4, 0.5) is 0 Å². The van der Waals surface area contributed by atoms with Crippen LogP contribution < -0.4 is 5.73 Å². The summed E-state index contributed by atoms with van der Waals surface area (Å²) in [4.78, 5) is 28.6. The largest absolute Gasteiger partial charge is 0.341 e. The topological polar surface area (TPSA) is 66.6 Å². The quantitative estimate of drug-likeness (QED) is 0.891. The number of rotatable bonds is 2. The summed E-state index contributed by atoms with van der Waals surface area (Å²) in [5.74, 6) is 0.0765. The Morgan fingerprint density at radius 3 is 2.59 bits per heavy atom. The third-order valence-electron chi connectivity index (χ3n) is 4.86. The molecule has 0 bridgehead atoms. The average Bonchev–Trinajstić information content (AvgIpc) is 2.96. The number of likely N-dealkylation sites (tertiary alicyclic amines) is 2. The van der Waals surface area contributed by atoms with Gasteiger partial charge in [0.05, 0.1) is 12.0 Å². The van der Waals surface area contributed by atoms with Gasteiger partial charge in [-0.3, -0.25) is 9.59 Å². The van der Waals surface area contributed by atoms with E-state index in [1.165, 1.54) is 0 Å². The van der Waals surface area contributed by atoms with Crippen molar-refractivity contribution in [2.75, 3.05) is 20.1 Å². The Hall–Kier alpha value is -1.88. The Balaban J connectivity index is 1.87. The molecule has 22 heavy (non-hydrogen) atoms. The number of hydrogen-bond acceptors (Lipinski definition) is 3. The monoisotopic (exact) mass is 301 g/mol. The number of piperidine rings is 1. The Morgan fingerprint density at radius 1 is 1.23 bits per heavy atom. The summed E-state index contributed by atoms with van der Waals surface area (Å²) in [7, 11) is 1.80. The normalized spacial score (nSPS) is 29.0. The van der Waals surface area contributed by atoms with Crippen molar-refractivity contribution >= 4 is 11.8 Å². The third kappa shape index (κ3) is 2.73. The van der Waals surface area contributed by atoms with E-state index in [0.29, 0.717) is 19.4 Å². The first-order chi connectivity index (χ1) is 10.6. The number of hydrogen-bond donors (Lipinski definition) is 1. The van der Waals surface area contributed by atoms with Gasteiger partial charge in [0.25, 0.3) is 0 Å². The maximum Gasteiger partial charge on any atom is 0.228 e. The van der Waals surface area contributed by atoms with Crippen LogP contribution in [0.5, 0.6) is 0 Å². The van der Waals surface area contributed by atoms with Gasteiger partial charge in [-0.15, -0.1) is 0 Å². The Kier molecular flexibility index (Phi) is 4.16. The molecule has 5 heteroatoms. The van der Waals surface area contributed by atoms with Gasteiger partial charge in [0, 0.05) is 32.6 Å². The molecule has 3 atom stereocenters. The highest BCUT2D eigenvalue weighted by atomic mass is 16.2. The van der Waals surface area contributed by atoms with Crippen LogP contribution in [0.15, 0.2) is 30.3 Å². The van der Waals surface area contributed by atoms with Crippen LogP contribution >= 0.6 is 0 Å². The zero-order valence-electron chi connectivity index (χ0n) is 12.9. The zero-order chi connectivity index (χ0) is 15.7. The summed E-state index contributed by atoms with van der Waals surface area (Å²) >= 11 is 0. The van der Waals surface area contributed by atoms with E-state index >= 15 is 0 Å². The number of benzene rings is 1. The van der Waals surface area contributed by atoms with Gasteiger partial charge in [-0.25, -0.2) is 0 Å². The molecule has 5 nitrogen and oxygen atoms in total. The fraction of sp³-hybridized carbons (Fsp3) is 0.529. The van der Waals surface area contributed by atoms with Crippen LogP contribution in [-0.4, -0.2) is 47.8 Å². The van der Waals surface area contributed by atoms with Crippen molar-refractivity contribution in [3.8, 4) is 0 Å². The second kappa shape index (κ2) is 6.08. The fourth-order valence-electron chi connectivity index (χ4n) is 3.62. The molecule has 0 aliphatic carbocycles. The smallest absolute Gasteiger partial charge is 0.228 e. The second-order valence-corrected chi connectivity index (χ2v) is 6.34. The molecule has 2 N–H and O–H groups in total. The standard InChI is InChI=1S/C17H23N3O2/c1-19-15(21)8-7-14(16(19)12-5-3-2-4-6-12)17(22)20-10-9-13(18)11-20/h2-6,13-14,16H,7-11,18H2,1H3/t13-,14?,16?/m1/s1. The van der Waals surface area contributed by atoms with E-state index < -0.39 is 0 Å². The molecule has 2 heterocycles. The van der Waals surface area contributed by atoms with Gasteiger partial charge in [0.15, 0.2) is 0 Å². The van der Waals surface area contributed by atoms with E-state index in [9.17, 15) is 9.59 Å². The van der Waals surface area contributed by atoms with Crippen molar-refractivity contribution in [3.05, 3.63) is 35.9 Å². The van der Waals surface area contributed by atoms with Gasteiger partial charge in [-0.1, -0.05) is 30.3 Å². The summed E-state index contributed by atoms with van der Waals surface area (Å²) in [5, 5.41) is 0. The first-order valence-electron chi connectivity index (χ1n) is 7.93. The summed E-state index contributed by atoms with van der Waals surface area (Å²) in [6, 6.07) is 9.76. The molecule has 0 aromatic heterocycles. The maximum atomic E-state index is 12.9. The number of nitrogens with two attached hydrogens (primary N) is 1. The number of amides is 2. The molecule has 1 aromatic rings. The van der Waals surface area contributed by atoms with Crippen molar-refractivity contribution in [2.24, 2.45) is 11.7 Å². The molecule has 118 valence electrons. The van der Waals surface area contributed by atoms with Crippen LogP contribution in [-0.2, 0) is 9.59 Å². The van der Waals surface area contributed by atoms with Gasteiger partial charge < -0.3 is 15.5 Å². The van der Waals surface area contributed by atoms with Crippen molar-refractivity contribution in [1.82, 2.24) is 9.80 Å². The Labute approximate surface area is 131 Å². The molecule has 2 unspecified atom stereocenters. The lowest BCUT2D eigenvalue weighted by Gasteiger charge is -2.40. The number of carbonyl (C=O) groups excluding carboxylic acids is 2. The molecular weight excluding hydrogens is 278 g/mol. The zero-order valence-corrected chi connectivity index (χ0v) is 12.9. The van der Waals surface area contributed by atoms with Gasteiger partial charge >= 0.3 is 0 Å². The molecule has 2 saturated heterocycles. The molecule has 1 aromatic carbocycles. The minimum atomic E-state index is -0.174. The van der Waals surface area contributed by atoms with E-state index in [1.807, 2.05) is 35.2 Å². The second-order valence-electron chi connectivity index (χ2n) is 6.34. The summed E-state index contributed by atoms with van der Waals surface area (Å²) in [5.41, 5.74) is 6.96. The van der Waals surface area contributed by atoms with Gasteiger partial charge in [0.2, 0.25) is 11.8 Å². The van der Waals surface area contributed by atoms with E-state index in [1.54, 1.807) is 11.9 Å². The van der Waals surface area contributed by atoms with Crippen molar-refractivity contribution in [3.63, 3.8) is 0 Å². The van der Waals surface area contributed by atoms with Gasteiger partial charge in [-0.2, -0.15) is 0 Å². The molecule has 0 saturated carbocycles. The third-order valence-corrected chi connectivity index (χ3v) is 4.86. The number of nitrogens with zero attached hydrogens (tertiary/aromatic N) is 2. The van der Waals surface area contributed by atoms with E-state index in [4.69, 9.17) is 5.73 Å². The minimum Gasteiger partial charge on any atom is -0.341 e. The van der Waals surface area contributed by atoms with Crippen molar-refractivity contribution in [2.45, 2.75) is 31.3 Å². The van der Waals surface area contributed by atoms with Gasteiger partial charge in [-0.05, 0) is 18.4 Å². The summed E-state index contributed by atoms with van der Waals surface area (Å²) in [6.07, 6.45) is 1.92. The van der Waals surface area contributed by atoms with Crippen LogP contribution in [0.25, 0.3) is 0 Å². The van der Waals surface area contributed by atoms with Crippen molar-refractivity contribution in [1.29, 1.82) is 0 Å². The maximum absolute atomic E-state index is 12.9. The highest BCUT2D eigenvalue weighted by molar-refractivity contribution is 5.85. The first-order valence-corrected chi connectivity index (χ1v) is 7.93. The van der Waals surface area contributed by atoms with E-state index in [-0.39, 0.29) is 29.8 Å². The molecular formula is C17H23N3O2. The SMILES string of the molecule is CN1C(=O)CCC(C(=O)N2CC[C@@H](N)C2)C1c1ccccc1. The molecule has 3 rings (SSSR count). The van der Waals surface area contributed by atoms with Crippen LogP contribution in [0.3, 0.4) is 0 Å². The van der Waals surface area contributed by atoms with Gasteiger partial charge in [0.1, 0.15) is 0 Å². The molecule has 2 fully saturated rings. The lowest BCUT2D eigenvalue weighted by atomic mass is 9.83. The molecule has 0 radical (unpaired) electrons. The molecule has 0 spiro atoms. The molecule has 2 aliphatic rings. The molecule has 2 amide bonds. The molecule has 2 aliphatic heterocycles. The van der Waals surface area contributed by atoms with Crippen LogP contribution in [0, 0.1) is 5.92 Å². The van der Waals surface area contributed by atoms with E-state index in [0.717, 1.165) is 18.5 Å². The van der Waals surface area contributed by atoms with E-state index in [2.05, 4.69) is 0 Å². The lowest BCUT2D eigenvalue weighted by Crippen LogP contribution is -2.47. The fourth-order valence-corrected chi connectivity index (χ4v) is 3.62.